The number of likely N-dealkylation sites (N-methyl/N-ethyl adjacent to an activating group) is 1. The Labute approximate surface area is 171 Å². The lowest BCUT2D eigenvalue weighted by Crippen LogP contribution is -2.62. The summed E-state index contributed by atoms with van der Waals surface area (Å²) in [6.07, 6.45) is 7.96. The number of imidazole rings is 1. The van der Waals surface area contributed by atoms with Gasteiger partial charge in [-0.15, -0.1) is 0 Å². The molecular weight excluding hydrogens is 366 g/mol. The van der Waals surface area contributed by atoms with E-state index in [1.54, 1.807) is 6.20 Å². The quantitative estimate of drug-likeness (QED) is 0.773. The van der Waals surface area contributed by atoms with Crippen molar-refractivity contribution >= 4 is 11.9 Å². The van der Waals surface area contributed by atoms with Gasteiger partial charge in [0.15, 0.2) is 0 Å². The van der Waals surface area contributed by atoms with Gasteiger partial charge in [-0.1, -0.05) is 0 Å². The monoisotopic (exact) mass is 395 g/mol. The molecule has 2 aromatic heterocycles. The third kappa shape index (κ3) is 3.29. The maximum Gasteiger partial charge on any atom is 0.242 e. The number of hydrogen-bond acceptors (Lipinski definition) is 6. The van der Waals surface area contributed by atoms with Crippen molar-refractivity contribution in [3.8, 4) is 0 Å². The van der Waals surface area contributed by atoms with E-state index in [9.17, 15) is 4.79 Å². The van der Waals surface area contributed by atoms with E-state index in [4.69, 9.17) is 4.98 Å². The Bertz CT molecular complexity index is 898. The van der Waals surface area contributed by atoms with Gasteiger partial charge in [0, 0.05) is 69.2 Å². The summed E-state index contributed by atoms with van der Waals surface area (Å²) in [6, 6.07) is 2.07. The molecule has 0 bridgehead atoms. The second-order valence-electron chi connectivity index (χ2n) is 8.94. The smallest absolute Gasteiger partial charge is 0.242 e. The van der Waals surface area contributed by atoms with E-state index in [1.807, 2.05) is 28.8 Å². The Morgan fingerprint density at radius 1 is 1.17 bits per heavy atom. The van der Waals surface area contributed by atoms with Crippen molar-refractivity contribution in [1.29, 1.82) is 0 Å². The summed E-state index contributed by atoms with van der Waals surface area (Å²) >= 11 is 0. The highest BCUT2D eigenvalue weighted by Crippen LogP contribution is 2.48. The minimum atomic E-state index is 0.102. The molecule has 154 valence electrons. The zero-order chi connectivity index (χ0) is 20.0. The highest BCUT2D eigenvalue weighted by molar-refractivity contribution is 5.77. The van der Waals surface area contributed by atoms with Gasteiger partial charge in [0.1, 0.15) is 12.4 Å². The molecule has 5 heterocycles. The first kappa shape index (κ1) is 18.5. The van der Waals surface area contributed by atoms with E-state index < -0.39 is 0 Å². The number of aromatic nitrogens is 4. The van der Waals surface area contributed by atoms with E-state index in [0.717, 1.165) is 56.7 Å². The molecule has 3 fully saturated rings. The average Bonchev–Trinajstić information content (AvgIpc) is 3.41. The van der Waals surface area contributed by atoms with Crippen LogP contribution in [0.5, 0.6) is 0 Å². The Morgan fingerprint density at radius 2 is 1.97 bits per heavy atom. The van der Waals surface area contributed by atoms with E-state index >= 15 is 0 Å². The fourth-order valence-electron chi connectivity index (χ4n) is 5.28. The Balaban J connectivity index is 1.31. The summed E-state index contributed by atoms with van der Waals surface area (Å²) in [5, 5.41) is 0. The lowest BCUT2D eigenvalue weighted by atomic mass is 9.70. The average molecular weight is 396 g/mol. The van der Waals surface area contributed by atoms with Crippen LogP contribution in [0.1, 0.15) is 30.3 Å². The SMILES string of the molecule is Cc1nccn1CC(=O)N1CC2(CN(C)CC2c2ccnc(N3CCCC3)n2)C1. The van der Waals surface area contributed by atoms with Crippen molar-refractivity contribution in [1.82, 2.24) is 29.3 Å². The molecule has 1 amide bonds. The van der Waals surface area contributed by atoms with Crippen LogP contribution in [0.4, 0.5) is 5.95 Å². The zero-order valence-corrected chi connectivity index (χ0v) is 17.3. The molecule has 8 nitrogen and oxygen atoms in total. The van der Waals surface area contributed by atoms with E-state index in [0.29, 0.717) is 12.5 Å². The number of anilines is 1. The van der Waals surface area contributed by atoms with Gasteiger partial charge in [-0.3, -0.25) is 4.79 Å². The predicted octanol–water partition coefficient (Wildman–Crippen LogP) is 1.14. The number of rotatable bonds is 4. The van der Waals surface area contributed by atoms with Gasteiger partial charge in [0.25, 0.3) is 0 Å². The molecule has 1 spiro atoms. The summed E-state index contributed by atoms with van der Waals surface area (Å²) in [5.41, 5.74) is 1.23. The van der Waals surface area contributed by atoms with Crippen LogP contribution in [0.2, 0.25) is 0 Å². The molecule has 2 aromatic rings. The summed E-state index contributed by atoms with van der Waals surface area (Å²) in [5.74, 6) is 2.26. The molecule has 5 rings (SSSR count). The highest BCUT2D eigenvalue weighted by atomic mass is 16.2. The summed E-state index contributed by atoms with van der Waals surface area (Å²) in [7, 11) is 2.17. The van der Waals surface area contributed by atoms with Crippen LogP contribution in [0.3, 0.4) is 0 Å². The van der Waals surface area contributed by atoms with Crippen LogP contribution in [-0.2, 0) is 11.3 Å². The van der Waals surface area contributed by atoms with Crippen molar-refractivity contribution in [2.45, 2.75) is 32.2 Å². The maximum atomic E-state index is 12.8. The van der Waals surface area contributed by atoms with E-state index in [1.165, 1.54) is 12.8 Å². The van der Waals surface area contributed by atoms with Crippen LogP contribution >= 0.6 is 0 Å². The van der Waals surface area contributed by atoms with Crippen molar-refractivity contribution in [2.24, 2.45) is 5.41 Å². The second kappa shape index (κ2) is 7.09. The number of hydrogen-bond donors (Lipinski definition) is 0. The summed E-state index contributed by atoms with van der Waals surface area (Å²) in [6.45, 7) is 8.00. The maximum absolute atomic E-state index is 12.8. The molecule has 8 heteroatoms. The predicted molar refractivity (Wildman–Crippen MR) is 110 cm³/mol. The van der Waals surface area contributed by atoms with Gasteiger partial charge in [-0.2, -0.15) is 0 Å². The molecule has 0 N–H and O–H groups in total. The largest absolute Gasteiger partial charge is 0.341 e. The Hall–Kier alpha value is -2.48. The van der Waals surface area contributed by atoms with Crippen molar-refractivity contribution in [3.63, 3.8) is 0 Å². The van der Waals surface area contributed by atoms with Gasteiger partial charge >= 0.3 is 0 Å². The van der Waals surface area contributed by atoms with Gasteiger partial charge in [0.2, 0.25) is 11.9 Å². The standard InChI is InChI=1S/C21H29N7O/c1-16-22-7-10-27(16)12-19(29)28-14-21(15-28)13-25(2)11-17(21)18-5-6-23-20(24-18)26-8-3-4-9-26/h5-7,10,17H,3-4,8-9,11-15H2,1-2H3. The summed E-state index contributed by atoms with van der Waals surface area (Å²) < 4.78 is 1.92. The van der Waals surface area contributed by atoms with E-state index in [-0.39, 0.29) is 11.3 Å². The zero-order valence-electron chi connectivity index (χ0n) is 17.3. The molecule has 0 aromatic carbocycles. The lowest BCUT2D eigenvalue weighted by Gasteiger charge is -2.51. The molecule has 3 aliphatic heterocycles. The molecule has 3 aliphatic rings. The lowest BCUT2D eigenvalue weighted by molar-refractivity contribution is -0.144. The minimum Gasteiger partial charge on any atom is -0.341 e. The van der Waals surface area contributed by atoms with Gasteiger partial charge in [0.05, 0.1) is 5.69 Å². The topological polar surface area (TPSA) is 70.4 Å². The molecule has 0 aliphatic carbocycles. The fourth-order valence-corrected chi connectivity index (χ4v) is 5.28. The Kier molecular flexibility index (Phi) is 4.53. The number of carbonyl (C=O) groups excluding carboxylic acids is 1. The van der Waals surface area contributed by atoms with Crippen molar-refractivity contribution in [3.05, 3.63) is 36.2 Å². The van der Waals surface area contributed by atoms with Crippen LogP contribution in [0, 0.1) is 12.3 Å². The number of likely N-dealkylation sites (tertiary alicyclic amines) is 2. The van der Waals surface area contributed by atoms with Crippen LogP contribution in [0.15, 0.2) is 24.7 Å². The first-order valence-electron chi connectivity index (χ1n) is 10.6. The first-order chi connectivity index (χ1) is 14.0. The number of aryl methyl sites for hydroxylation is 1. The van der Waals surface area contributed by atoms with Gasteiger partial charge in [-0.05, 0) is 32.9 Å². The summed E-state index contributed by atoms with van der Waals surface area (Å²) in [4.78, 5) is 33.1. The third-order valence-corrected chi connectivity index (χ3v) is 6.82. The Morgan fingerprint density at radius 3 is 2.69 bits per heavy atom. The van der Waals surface area contributed by atoms with Crippen LogP contribution < -0.4 is 4.90 Å². The normalized spacial score (nSPS) is 23.7. The second-order valence-corrected chi connectivity index (χ2v) is 8.94. The minimum absolute atomic E-state index is 0.102. The number of nitrogens with zero attached hydrogens (tertiary/aromatic N) is 7. The molecule has 0 saturated carbocycles. The number of carbonyl (C=O) groups is 1. The van der Waals surface area contributed by atoms with E-state index in [2.05, 4.69) is 32.9 Å². The first-order valence-corrected chi connectivity index (χ1v) is 10.6. The van der Waals surface area contributed by atoms with Crippen molar-refractivity contribution < 1.29 is 4.79 Å². The van der Waals surface area contributed by atoms with Crippen LogP contribution in [-0.4, -0.2) is 81.5 Å². The van der Waals surface area contributed by atoms with Crippen LogP contribution in [0.25, 0.3) is 0 Å². The molecule has 1 unspecified atom stereocenters. The molecule has 3 saturated heterocycles. The van der Waals surface area contributed by atoms with Gasteiger partial charge < -0.3 is 19.3 Å². The fraction of sp³-hybridized carbons (Fsp3) is 0.619. The molecular formula is C21H29N7O. The number of amides is 1. The third-order valence-electron chi connectivity index (χ3n) is 6.82. The molecule has 0 radical (unpaired) electrons. The molecule has 1 atom stereocenters. The van der Waals surface area contributed by atoms with Gasteiger partial charge in [-0.25, -0.2) is 15.0 Å². The van der Waals surface area contributed by atoms with Crippen molar-refractivity contribution in [2.75, 3.05) is 51.2 Å². The highest BCUT2D eigenvalue weighted by Gasteiger charge is 2.55. The molecule has 29 heavy (non-hydrogen) atoms.